The molecule has 0 radical (unpaired) electrons. The van der Waals surface area contributed by atoms with Crippen molar-refractivity contribution in [2.75, 3.05) is 10.5 Å². The molecule has 3 N–H and O–H groups in total. The zero-order valence-electron chi connectivity index (χ0n) is 10.8. The third-order valence-electron chi connectivity index (χ3n) is 2.76. The zero-order chi connectivity index (χ0) is 15.8. The van der Waals surface area contributed by atoms with E-state index in [1.54, 1.807) is 13.0 Å². The molecule has 0 aliphatic rings. The first-order chi connectivity index (χ1) is 9.70. The molecule has 0 fully saturated rings. The number of anilines is 2. The minimum Gasteiger partial charge on any atom is -0.398 e. The van der Waals surface area contributed by atoms with Crippen LogP contribution in [0.3, 0.4) is 0 Å². The van der Waals surface area contributed by atoms with Gasteiger partial charge in [-0.05, 0) is 81.3 Å². The molecule has 112 valence electrons. The molecular formula is C13H11BrFIN2O2S. The largest absolute Gasteiger partial charge is 0.398 e. The lowest BCUT2D eigenvalue weighted by atomic mass is 10.2. The number of nitrogens with two attached hydrogens (primary N) is 1. The van der Waals surface area contributed by atoms with Crippen molar-refractivity contribution in [3.05, 3.63) is 49.8 Å². The number of benzene rings is 2. The molecule has 2 rings (SSSR count). The normalized spacial score (nSPS) is 11.4. The molecule has 0 aliphatic carbocycles. The molecule has 21 heavy (non-hydrogen) atoms. The van der Waals surface area contributed by atoms with E-state index in [9.17, 15) is 12.8 Å². The highest BCUT2D eigenvalue weighted by Gasteiger charge is 2.19. The topological polar surface area (TPSA) is 72.2 Å². The molecule has 2 aromatic rings. The van der Waals surface area contributed by atoms with E-state index in [-0.39, 0.29) is 4.90 Å². The fourth-order valence-electron chi connectivity index (χ4n) is 1.73. The molecule has 0 spiro atoms. The lowest BCUT2D eigenvalue weighted by Gasteiger charge is -2.13. The summed E-state index contributed by atoms with van der Waals surface area (Å²) in [6.07, 6.45) is 0. The van der Waals surface area contributed by atoms with Gasteiger partial charge in [0.1, 0.15) is 5.82 Å². The van der Waals surface area contributed by atoms with Gasteiger partial charge in [-0.3, -0.25) is 4.72 Å². The second kappa shape index (κ2) is 6.09. The first kappa shape index (κ1) is 16.5. The number of rotatable bonds is 3. The molecule has 0 aliphatic heterocycles. The lowest BCUT2D eigenvalue weighted by Crippen LogP contribution is -2.15. The van der Waals surface area contributed by atoms with E-state index >= 15 is 0 Å². The highest BCUT2D eigenvalue weighted by atomic mass is 127. The number of nitrogens with one attached hydrogen (secondary N) is 1. The van der Waals surface area contributed by atoms with E-state index in [4.69, 9.17) is 5.73 Å². The van der Waals surface area contributed by atoms with E-state index in [0.29, 0.717) is 25.0 Å². The van der Waals surface area contributed by atoms with Gasteiger partial charge < -0.3 is 5.73 Å². The van der Waals surface area contributed by atoms with Crippen LogP contribution in [0.1, 0.15) is 5.56 Å². The monoisotopic (exact) mass is 484 g/mol. The molecule has 0 atom stereocenters. The second-order valence-corrected chi connectivity index (χ2v) is 8.04. The number of aryl methyl sites for hydroxylation is 1. The SMILES string of the molecule is Cc1cc(Br)c(N)cc1S(=O)(=O)Nc1ccc(F)cc1I. The van der Waals surface area contributed by atoms with Gasteiger partial charge in [0.05, 0.1) is 10.6 Å². The Morgan fingerprint density at radius 3 is 2.57 bits per heavy atom. The number of nitrogen functional groups attached to an aromatic ring is 1. The molecule has 0 saturated carbocycles. The van der Waals surface area contributed by atoms with E-state index in [0.717, 1.165) is 0 Å². The molecule has 2 aromatic carbocycles. The molecule has 0 bridgehead atoms. The number of halogens is 3. The van der Waals surface area contributed by atoms with E-state index in [1.807, 2.05) is 22.6 Å². The van der Waals surface area contributed by atoms with Crippen molar-refractivity contribution in [2.24, 2.45) is 0 Å². The van der Waals surface area contributed by atoms with Crippen LogP contribution in [0.25, 0.3) is 0 Å². The Kier molecular flexibility index (Phi) is 4.79. The lowest BCUT2D eigenvalue weighted by molar-refractivity contribution is 0.600. The van der Waals surface area contributed by atoms with Gasteiger partial charge in [-0.2, -0.15) is 0 Å². The Labute approximate surface area is 144 Å². The summed E-state index contributed by atoms with van der Waals surface area (Å²) in [6.45, 7) is 1.67. The van der Waals surface area contributed by atoms with Gasteiger partial charge in [0.2, 0.25) is 0 Å². The molecule has 0 aromatic heterocycles. The van der Waals surface area contributed by atoms with Crippen LogP contribution in [0.4, 0.5) is 15.8 Å². The molecule has 4 nitrogen and oxygen atoms in total. The van der Waals surface area contributed by atoms with Crippen LogP contribution in [-0.2, 0) is 10.0 Å². The van der Waals surface area contributed by atoms with Crippen molar-refractivity contribution in [1.29, 1.82) is 0 Å². The highest BCUT2D eigenvalue weighted by Crippen LogP contribution is 2.29. The predicted octanol–water partition coefficient (Wildman–Crippen LogP) is 3.88. The summed E-state index contributed by atoms with van der Waals surface area (Å²) in [4.78, 5) is 0.0864. The summed E-state index contributed by atoms with van der Waals surface area (Å²) < 4.78 is 41.5. The standard InChI is InChI=1S/C13H11BrFIN2O2S/c1-7-4-9(14)11(17)6-13(7)21(19,20)18-12-3-2-8(15)5-10(12)16/h2-6,18H,17H2,1H3. The van der Waals surface area contributed by atoms with E-state index in [2.05, 4.69) is 20.7 Å². The van der Waals surface area contributed by atoms with E-state index in [1.165, 1.54) is 24.3 Å². The van der Waals surface area contributed by atoms with Gasteiger partial charge >= 0.3 is 0 Å². The molecule has 0 saturated heterocycles. The maximum absolute atomic E-state index is 13.1. The van der Waals surface area contributed by atoms with Crippen molar-refractivity contribution >= 4 is 59.9 Å². The Hall–Kier alpha value is -0.870. The first-order valence-corrected chi connectivity index (χ1v) is 9.09. The van der Waals surface area contributed by atoms with Crippen molar-refractivity contribution in [3.63, 3.8) is 0 Å². The van der Waals surface area contributed by atoms with Gasteiger partial charge in [0.25, 0.3) is 10.0 Å². The average molecular weight is 485 g/mol. The number of hydrogen-bond donors (Lipinski definition) is 2. The van der Waals surface area contributed by atoms with Crippen LogP contribution in [0, 0.1) is 16.3 Å². The van der Waals surface area contributed by atoms with Gasteiger partial charge in [-0.25, -0.2) is 12.8 Å². The molecule has 8 heteroatoms. The fraction of sp³-hybridized carbons (Fsp3) is 0.0769. The van der Waals surface area contributed by atoms with Crippen LogP contribution in [0.5, 0.6) is 0 Å². The van der Waals surface area contributed by atoms with Crippen LogP contribution in [0.15, 0.2) is 39.7 Å². The van der Waals surface area contributed by atoms with Crippen molar-refractivity contribution in [2.45, 2.75) is 11.8 Å². The fourth-order valence-corrected chi connectivity index (χ4v) is 4.33. The molecule has 0 amide bonds. The third kappa shape index (κ3) is 3.67. The summed E-state index contributed by atoms with van der Waals surface area (Å²) >= 11 is 5.12. The average Bonchev–Trinajstić information content (AvgIpc) is 2.37. The number of hydrogen-bond acceptors (Lipinski definition) is 3. The number of sulfonamides is 1. The van der Waals surface area contributed by atoms with Gasteiger partial charge in [-0.1, -0.05) is 0 Å². The first-order valence-electron chi connectivity index (χ1n) is 5.74. The minimum atomic E-state index is -3.80. The smallest absolute Gasteiger partial charge is 0.262 e. The summed E-state index contributed by atoms with van der Waals surface area (Å²) in [6, 6.07) is 6.86. The van der Waals surface area contributed by atoms with Gasteiger partial charge in [-0.15, -0.1) is 0 Å². The van der Waals surface area contributed by atoms with E-state index < -0.39 is 15.8 Å². The Morgan fingerprint density at radius 2 is 1.95 bits per heavy atom. The summed E-state index contributed by atoms with van der Waals surface area (Å²) in [7, 11) is -3.80. The molecule has 0 heterocycles. The summed E-state index contributed by atoms with van der Waals surface area (Å²) in [5.74, 6) is -0.425. The highest BCUT2D eigenvalue weighted by molar-refractivity contribution is 14.1. The maximum atomic E-state index is 13.1. The maximum Gasteiger partial charge on any atom is 0.262 e. The Balaban J connectivity index is 2.46. The van der Waals surface area contributed by atoms with Crippen molar-refractivity contribution in [3.8, 4) is 0 Å². The van der Waals surface area contributed by atoms with Crippen molar-refractivity contribution < 1.29 is 12.8 Å². The van der Waals surface area contributed by atoms with Gasteiger partial charge in [0, 0.05) is 13.7 Å². The summed E-state index contributed by atoms with van der Waals surface area (Å²) in [5, 5.41) is 0. The third-order valence-corrected chi connectivity index (χ3v) is 5.85. The Bertz CT molecular complexity index is 812. The Morgan fingerprint density at radius 1 is 1.29 bits per heavy atom. The van der Waals surface area contributed by atoms with Crippen LogP contribution in [-0.4, -0.2) is 8.42 Å². The van der Waals surface area contributed by atoms with Crippen LogP contribution >= 0.6 is 38.5 Å². The van der Waals surface area contributed by atoms with Crippen LogP contribution < -0.4 is 10.5 Å². The minimum absolute atomic E-state index is 0.0864. The van der Waals surface area contributed by atoms with Gasteiger partial charge in [0.15, 0.2) is 0 Å². The zero-order valence-corrected chi connectivity index (χ0v) is 15.4. The van der Waals surface area contributed by atoms with Crippen molar-refractivity contribution in [1.82, 2.24) is 0 Å². The predicted molar refractivity (Wildman–Crippen MR) is 93.2 cm³/mol. The second-order valence-electron chi connectivity index (χ2n) is 4.37. The molecular weight excluding hydrogens is 474 g/mol. The molecule has 0 unspecified atom stereocenters. The van der Waals surface area contributed by atoms with Crippen LogP contribution in [0.2, 0.25) is 0 Å². The summed E-state index contributed by atoms with van der Waals surface area (Å²) in [5.41, 5.74) is 6.94. The quantitative estimate of drug-likeness (QED) is 0.513.